The maximum absolute atomic E-state index is 12.7. The summed E-state index contributed by atoms with van der Waals surface area (Å²) in [6.45, 7) is 7.73. The number of alkyl halides is 3. The van der Waals surface area contributed by atoms with Crippen LogP contribution in [0.4, 0.5) is 19.0 Å². The molecule has 0 saturated carbocycles. The Kier molecular flexibility index (Phi) is 6.45. The van der Waals surface area contributed by atoms with Gasteiger partial charge in [0, 0.05) is 24.8 Å². The standard InChI is InChI=1S/C15H24F3N3/c1-5-6-21(10-15(16,17)18)14-8-13(7-12(4)20-14)9-19-11(2)3/h7-8,11,19H,5-6,9-10H2,1-4H3. The summed E-state index contributed by atoms with van der Waals surface area (Å²) in [5, 5.41) is 3.27. The number of halogens is 3. The first kappa shape index (κ1) is 17.8. The number of aryl methyl sites for hydroxylation is 1. The molecule has 1 rings (SSSR count). The fraction of sp³-hybridized carbons (Fsp3) is 0.667. The Bertz CT molecular complexity index is 444. The monoisotopic (exact) mass is 303 g/mol. The van der Waals surface area contributed by atoms with Crippen molar-refractivity contribution in [3.05, 3.63) is 23.4 Å². The highest BCUT2D eigenvalue weighted by Crippen LogP contribution is 2.22. The van der Waals surface area contributed by atoms with E-state index in [2.05, 4.69) is 10.3 Å². The molecule has 0 unspecified atom stereocenters. The van der Waals surface area contributed by atoms with Crippen LogP contribution in [0.5, 0.6) is 0 Å². The van der Waals surface area contributed by atoms with Crippen molar-refractivity contribution in [2.45, 2.75) is 52.9 Å². The highest BCUT2D eigenvalue weighted by molar-refractivity contribution is 5.43. The van der Waals surface area contributed by atoms with E-state index >= 15 is 0 Å². The van der Waals surface area contributed by atoms with E-state index < -0.39 is 12.7 Å². The Hall–Kier alpha value is -1.30. The van der Waals surface area contributed by atoms with Gasteiger partial charge in [0.1, 0.15) is 12.4 Å². The minimum atomic E-state index is -4.23. The van der Waals surface area contributed by atoms with Gasteiger partial charge in [-0.15, -0.1) is 0 Å². The summed E-state index contributed by atoms with van der Waals surface area (Å²) in [5.41, 5.74) is 1.69. The summed E-state index contributed by atoms with van der Waals surface area (Å²) >= 11 is 0. The smallest absolute Gasteiger partial charge is 0.348 e. The quantitative estimate of drug-likeness (QED) is 0.833. The molecular weight excluding hydrogens is 279 g/mol. The van der Waals surface area contributed by atoms with Crippen molar-refractivity contribution < 1.29 is 13.2 Å². The van der Waals surface area contributed by atoms with Gasteiger partial charge in [0.25, 0.3) is 0 Å². The second kappa shape index (κ2) is 7.64. The molecule has 6 heteroatoms. The minimum absolute atomic E-state index is 0.323. The zero-order valence-electron chi connectivity index (χ0n) is 13.1. The van der Waals surface area contributed by atoms with E-state index in [1.807, 2.05) is 26.8 Å². The number of aromatic nitrogens is 1. The third-order valence-electron chi connectivity index (χ3n) is 2.90. The predicted octanol–water partition coefficient (Wildman–Crippen LogP) is 3.67. The SMILES string of the molecule is CCCN(CC(F)(F)F)c1cc(CNC(C)C)cc(C)n1. The van der Waals surface area contributed by atoms with Gasteiger partial charge < -0.3 is 10.2 Å². The van der Waals surface area contributed by atoms with Gasteiger partial charge in [-0.3, -0.25) is 0 Å². The number of pyridine rings is 1. The molecule has 0 aliphatic carbocycles. The molecule has 0 bridgehead atoms. The Labute approximate surface area is 124 Å². The van der Waals surface area contributed by atoms with Gasteiger partial charge in [0.05, 0.1) is 0 Å². The predicted molar refractivity (Wildman–Crippen MR) is 79.5 cm³/mol. The number of nitrogens with one attached hydrogen (secondary N) is 1. The van der Waals surface area contributed by atoms with Crippen LogP contribution in [-0.4, -0.2) is 30.3 Å². The van der Waals surface area contributed by atoms with Crippen molar-refractivity contribution in [2.24, 2.45) is 0 Å². The lowest BCUT2D eigenvalue weighted by atomic mass is 10.2. The molecule has 0 aromatic carbocycles. The van der Waals surface area contributed by atoms with Crippen LogP contribution >= 0.6 is 0 Å². The van der Waals surface area contributed by atoms with Crippen LogP contribution in [0, 0.1) is 6.92 Å². The minimum Gasteiger partial charge on any atom is -0.348 e. The van der Waals surface area contributed by atoms with Crippen molar-refractivity contribution in [2.75, 3.05) is 18.0 Å². The van der Waals surface area contributed by atoms with Gasteiger partial charge in [-0.1, -0.05) is 20.8 Å². The second-order valence-electron chi connectivity index (χ2n) is 5.55. The highest BCUT2D eigenvalue weighted by atomic mass is 19.4. The summed E-state index contributed by atoms with van der Waals surface area (Å²) in [7, 11) is 0. The number of nitrogens with zero attached hydrogens (tertiary/aromatic N) is 2. The third kappa shape index (κ3) is 6.80. The molecule has 0 saturated heterocycles. The van der Waals surface area contributed by atoms with E-state index in [9.17, 15) is 13.2 Å². The van der Waals surface area contributed by atoms with Crippen LogP contribution < -0.4 is 10.2 Å². The Morgan fingerprint density at radius 3 is 2.48 bits per heavy atom. The molecule has 0 atom stereocenters. The van der Waals surface area contributed by atoms with Crippen LogP contribution in [0.3, 0.4) is 0 Å². The van der Waals surface area contributed by atoms with Crippen molar-refractivity contribution in [1.82, 2.24) is 10.3 Å². The molecule has 0 radical (unpaired) electrons. The number of hydrogen-bond donors (Lipinski definition) is 1. The van der Waals surface area contributed by atoms with Gasteiger partial charge in [-0.2, -0.15) is 13.2 Å². The maximum Gasteiger partial charge on any atom is 0.405 e. The molecule has 0 fully saturated rings. The second-order valence-corrected chi connectivity index (χ2v) is 5.55. The van der Waals surface area contributed by atoms with E-state index in [1.54, 1.807) is 13.0 Å². The molecule has 1 heterocycles. The van der Waals surface area contributed by atoms with Crippen LogP contribution in [0.25, 0.3) is 0 Å². The molecule has 120 valence electrons. The largest absolute Gasteiger partial charge is 0.405 e. The molecule has 0 aliphatic rings. The van der Waals surface area contributed by atoms with Gasteiger partial charge in [0.2, 0.25) is 0 Å². The molecule has 0 amide bonds. The lowest BCUT2D eigenvalue weighted by Gasteiger charge is -2.25. The van der Waals surface area contributed by atoms with E-state index in [0.29, 0.717) is 31.4 Å². The molecule has 0 aliphatic heterocycles. The summed E-state index contributed by atoms with van der Waals surface area (Å²) in [6.07, 6.45) is -3.58. The van der Waals surface area contributed by atoms with E-state index in [1.165, 1.54) is 4.90 Å². The molecule has 21 heavy (non-hydrogen) atoms. The Morgan fingerprint density at radius 2 is 1.95 bits per heavy atom. The zero-order chi connectivity index (χ0) is 16.0. The average molecular weight is 303 g/mol. The van der Waals surface area contributed by atoms with E-state index in [-0.39, 0.29) is 0 Å². The molecule has 1 N–H and O–H groups in total. The van der Waals surface area contributed by atoms with Crippen molar-refractivity contribution in [3.8, 4) is 0 Å². The first-order valence-corrected chi connectivity index (χ1v) is 7.24. The van der Waals surface area contributed by atoms with Gasteiger partial charge in [0.15, 0.2) is 0 Å². The fourth-order valence-corrected chi connectivity index (χ4v) is 2.07. The first-order chi connectivity index (χ1) is 9.71. The first-order valence-electron chi connectivity index (χ1n) is 7.24. The maximum atomic E-state index is 12.7. The number of rotatable bonds is 7. The molecule has 1 aromatic rings. The van der Waals surface area contributed by atoms with Crippen molar-refractivity contribution >= 4 is 5.82 Å². The van der Waals surface area contributed by atoms with Crippen LogP contribution in [0.15, 0.2) is 12.1 Å². The van der Waals surface area contributed by atoms with Crippen molar-refractivity contribution in [3.63, 3.8) is 0 Å². The summed E-state index contributed by atoms with van der Waals surface area (Å²) < 4.78 is 38.1. The van der Waals surface area contributed by atoms with Gasteiger partial charge in [-0.25, -0.2) is 4.98 Å². The third-order valence-corrected chi connectivity index (χ3v) is 2.90. The lowest BCUT2D eigenvalue weighted by molar-refractivity contribution is -0.119. The molecule has 3 nitrogen and oxygen atoms in total. The number of anilines is 1. The van der Waals surface area contributed by atoms with E-state index in [0.717, 1.165) is 11.3 Å². The summed E-state index contributed by atoms with van der Waals surface area (Å²) in [4.78, 5) is 5.56. The van der Waals surface area contributed by atoms with Crippen LogP contribution in [0.1, 0.15) is 38.4 Å². The average Bonchev–Trinajstić information content (AvgIpc) is 2.33. The molecule has 1 aromatic heterocycles. The van der Waals surface area contributed by atoms with Crippen LogP contribution in [-0.2, 0) is 6.54 Å². The van der Waals surface area contributed by atoms with E-state index in [4.69, 9.17) is 0 Å². The zero-order valence-corrected chi connectivity index (χ0v) is 13.1. The van der Waals surface area contributed by atoms with Crippen LogP contribution in [0.2, 0.25) is 0 Å². The summed E-state index contributed by atoms with van der Waals surface area (Å²) in [6, 6.07) is 3.96. The molecule has 0 spiro atoms. The normalized spacial score (nSPS) is 12.0. The summed E-state index contributed by atoms with van der Waals surface area (Å²) in [5.74, 6) is 0.398. The molecular formula is C15H24F3N3. The lowest BCUT2D eigenvalue weighted by Crippen LogP contribution is -2.35. The van der Waals surface area contributed by atoms with Gasteiger partial charge >= 0.3 is 6.18 Å². The highest BCUT2D eigenvalue weighted by Gasteiger charge is 2.31. The Balaban J connectivity index is 2.96. The van der Waals surface area contributed by atoms with Gasteiger partial charge in [-0.05, 0) is 31.0 Å². The Morgan fingerprint density at radius 1 is 1.29 bits per heavy atom. The topological polar surface area (TPSA) is 28.2 Å². The van der Waals surface area contributed by atoms with Crippen molar-refractivity contribution in [1.29, 1.82) is 0 Å². The fourth-order valence-electron chi connectivity index (χ4n) is 2.07. The number of hydrogen-bond acceptors (Lipinski definition) is 3.